The third kappa shape index (κ3) is 10.7. The van der Waals surface area contributed by atoms with Crippen LogP contribution in [0.2, 0.25) is 0 Å². The van der Waals surface area contributed by atoms with Crippen molar-refractivity contribution in [2.24, 2.45) is 0 Å². The highest BCUT2D eigenvalue weighted by molar-refractivity contribution is 7.25. The molecule has 0 N–H and O–H groups in total. The lowest BCUT2D eigenvalue weighted by molar-refractivity contribution is 0.579. The molecule has 0 amide bonds. The molecular weight excluding hydrogens is 114 g/mol. The van der Waals surface area contributed by atoms with Crippen LogP contribution in [0, 0.1) is 0 Å². The Morgan fingerprint density at radius 1 is 1.29 bits per heavy atom. The summed E-state index contributed by atoms with van der Waals surface area (Å²) in [4.78, 5) is 0. The van der Waals surface area contributed by atoms with E-state index in [-0.39, 0.29) is 18.3 Å². The van der Waals surface area contributed by atoms with Crippen molar-refractivity contribution in [3.8, 4) is 0 Å². The number of rotatable bonds is 0. The Morgan fingerprint density at radius 3 is 1.43 bits per heavy atom. The van der Waals surface area contributed by atoms with Crippen LogP contribution in [0.3, 0.4) is 0 Å². The summed E-state index contributed by atoms with van der Waals surface area (Å²) in [5, 5.41) is -0.0417. The van der Waals surface area contributed by atoms with Gasteiger partial charge < -0.3 is 0 Å². The van der Waals surface area contributed by atoms with Crippen molar-refractivity contribution >= 4 is 8.46 Å². The fourth-order valence-corrected chi connectivity index (χ4v) is 0. The summed E-state index contributed by atoms with van der Waals surface area (Å²) in [5.41, 5.74) is 0. The first-order valence-corrected chi connectivity index (χ1v) is 2.72. The first kappa shape index (κ1) is 10.1. The fourth-order valence-electron chi connectivity index (χ4n) is 0. The molecule has 0 saturated carbocycles. The van der Waals surface area contributed by atoms with Crippen LogP contribution in [0.25, 0.3) is 0 Å². The molecule has 0 aromatic rings. The van der Waals surface area contributed by atoms with Crippen molar-refractivity contribution in [3.63, 3.8) is 0 Å². The molecule has 44 valence electrons. The van der Waals surface area contributed by atoms with E-state index < -0.39 is 0 Å². The standard InChI is InChI=1S/C4H9OP.FH/c1-4(2,3)6-5;/h1-3H3;1H. The Hall–Kier alpha value is 0.0300. The van der Waals surface area contributed by atoms with Crippen molar-refractivity contribution in [3.05, 3.63) is 0 Å². The highest BCUT2D eigenvalue weighted by Crippen LogP contribution is 2.18. The third-order valence-corrected chi connectivity index (χ3v) is 0.822. The molecule has 0 fully saturated rings. The molecule has 0 aliphatic rings. The van der Waals surface area contributed by atoms with E-state index in [1.165, 1.54) is 0 Å². The first-order valence-electron chi connectivity index (χ1n) is 1.91. The van der Waals surface area contributed by atoms with Crippen molar-refractivity contribution in [2.75, 3.05) is 0 Å². The Balaban J connectivity index is 0. The molecule has 0 heterocycles. The predicted octanol–water partition coefficient (Wildman–Crippen LogP) is 2.23. The predicted molar refractivity (Wildman–Crippen MR) is 29.9 cm³/mol. The van der Waals surface area contributed by atoms with Crippen molar-refractivity contribution in [2.45, 2.75) is 25.9 Å². The number of halogens is 1. The lowest BCUT2D eigenvalue weighted by Crippen LogP contribution is -1.99. The highest BCUT2D eigenvalue weighted by atomic mass is 31.1. The molecular formula is C4H10FOP. The summed E-state index contributed by atoms with van der Waals surface area (Å²) in [7, 11) is 0.225. The van der Waals surface area contributed by atoms with Gasteiger partial charge in [0.15, 0.2) is 8.46 Å². The monoisotopic (exact) mass is 124 g/mol. The molecule has 7 heavy (non-hydrogen) atoms. The van der Waals surface area contributed by atoms with E-state index in [0.717, 1.165) is 0 Å². The minimum absolute atomic E-state index is 0. The van der Waals surface area contributed by atoms with E-state index >= 15 is 0 Å². The molecule has 3 heteroatoms. The van der Waals surface area contributed by atoms with Crippen LogP contribution in [-0.2, 0) is 4.57 Å². The highest BCUT2D eigenvalue weighted by Gasteiger charge is 2.06. The average molecular weight is 124 g/mol. The van der Waals surface area contributed by atoms with E-state index in [1.807, 2.05) is 20.8 Å². The summed E-state index contributed by atoms with van der Waals surface area (Å²) in [6, 6.07) is 0. The van der Waals surface area contributed by atoms with Crippen LogP contribution >= 0.6 is 8.46 Å². The lowest BCUT2D eigenvalue weighted by Gasteiger charge is -2.01. The lowest BCUT2D eigenvalue weighted by atomic mass is 10.3. The molecule has 0 aliphatic carbocycles. The van der Waals surface area contributed by atoms with Crippen molar-refractivity contribution in [1.82, 2.24) is 0 Å². The summed E-state index contributed by atoms with van der Waals surface area (Å²) >= 11 is 0. The van der Waals surface area contributed by atoms with E-state index in [1.54, 1.807) is 0 Å². The van der Waals surface area contributed by atoms with Gasteiger partial charge in [-0.05, 0) is 20.8 Å². The summed E-state index contributed by atoms with van der Waals surface area (Å²) in [6.45, 7) is 5.75. The molecule has 0 bridgehead atoms. The Labute approximate surface area is 44.7 Å². The summed E-state index contributed by atoms with van der Waals surface area (Å²) < 4.78 is 9.92. The molecule has 0 spiro atoms. The second kappa shape index (κ2) is 3.09. The SMILES string of the molecule is CC(C)(C)P=O.F. The fraction of sp³-hybridized carbons (Fsp3) is 1.00. The van der Waals surface area contributed by atoms with Crippen molar-refractivity contribution in [1.29, 1.82) is 0 Å². The molecule has 0 saturated heterocycles. The maximum atomic E-state index is 9.92. The van der Waals surface area contributed by atoms with Gasteiger partial charge in [-0.15, -0.1) is 0 Å². The first-order chi connectivity index (χ1) is 2.56. The van der Waals surface area contributed by atoms with Gasteiger partial charge in [-0.1, -0.05) is 0 Å². The molecule has 0 aromatic heterocycles. The molecule has 0 atom stereocenters. The second-order valence-electron chi connectivity index (χ2n) is 2.26. The van der Waals surface area contributed by atoms with Gasteiger partial charge in [0.1, 0.15) is 0 Å². The average Bonchev–Trinajstić information content (AvgIpc) is 1.35. The Bertz CT molecular complexity index is 57.2. The molecule has 0 rings (SSSR count). The van der Waals surface area contributed by atoms with Crippen LogP contribution in [-0.4, -0.2) is 5.16 Å². The largest absolute Gasteiger partial charge is 0.274 e. The molecule has 0 aliphatic heterocycles. The minimum atomic E-state index is -0.0417. The Kier molecular flexibility index (Phi) is 4.46. The van der Waals surface area contributed by atoms with Gasteiger partial charge in [0, 0.05) is 5.16 Å². The van der Waals surface area contributed by atoms with E-state index in [9.17, 15) is 4.57 Å². The Morgan fingerprint density at radius 2 is 1.43 bits per heavy atom. The van der Waals surface area contributed by atoms with Gasteiger partial charge >= 0.3 is 0 Å². The normalized spacial score (nSPS) is 10.7. The minimum Gasteiger partial charge on any atom is -0.274 e. The molecule has 0 aromatic carbocycles. The van der Waals surface area contributed by atoms with Crippen LogP contribution in [0.5, 0.6) is 0 Å². The summed E-state index contributed by atoms with van der Waals surface area (Å²) in [6.07, 6.45) is 0. The maximum Gasteiger partial charge on any atom is 0.161 e. The zero-order valence-electron chi connectivity index (χ0n) is 4.76. The van der Waals surface area contributed by atoms with Gasteiger partial charge in [-0.25, -0.2) is 0 Å². The van der Waals surface area contributed by atoms with Gasteiger partial charge in [-0.2, -0.15) is 0 Å². The van der Waals surface area contributed by atoms with Gasteiger partial charge in [0.05, 0.1) is 0 Å². The van der Waals surface area contributed by atoms with E-state index in [4.69, 9.17) is 0 Å². The molecule has 0 radical (unpaired) electrons. The van der Waals surface area contributed by atoms with Gasteiger partial charge in [-0.3, -0.25) is 9.27 Å². The summed E-state index contributed by atoms with van der Waals surface area (Å²) in [5.74, 6) is 0. The van der Waals surface area contributed by atoms with E-state index in [0.29, 0.717) is 0 Å². The van der Waals surface area contributed by atoms with Crippen LogP contribution in [0.15, 0.2) is 0 Å². The quantitative estimate of drug-likeness (QED) is 0.452. The second-order valence-corrected chi connectivity index (χ2v) is 3.79. The topological polar surface area (TPSA) is 17.1 Å². The van der Waals surface area contributed by atoms with Crippen LogP contribution in [0.1, 0.15) is 20.8 Å². The number of hydrogen-bond acceptors (Lipinski definition) is 1. The number of hydrogen-bond donors (Lipinski definition) is 0. The van der Waals surface area contributed by atoms with Crippen LogP contribution < -0.4 is 0 Å². The zero-order chi connectivity index (χ0) is 5.21. The van der Waals surface area contributed by atoms with Gasteiger partial charge in [0.25, 0.3) is 0 Å². The molecule has 1 nitrogen and oxygen atoms in total. The zero-order valence-corrected chi connectivity index (χ0v) is 5.66. The third-order valence-electron chi connectivity index (χ3n) is 0.274. The van der Waals surface area contributed by atoms with E-state index in [2.05, 4.69) is 0 Å². The smallest absolute Gasteiger partial charge is 0.161 e. The van der Waals surface area contributed by atoms with Gasteiger partial charge in [0.2, 0.25) is 0 Å². The van der Waals surface area contributed by atoms with Crippen LogP contribution in [0.4, 0.5) is 4.70 Å². The maximum absolute atomic E-state index is 9.92. The molecule has 0 unspecified atom stereocenters. The van der Waals surface area contributed by atoms with Crippen molar-refractivity contribution < 1.29 is 9.27 Å².